The zero-order chi connectivity index (χ0) is 18.0. The minimum Gasteiger partial charge on any atom is -0.460 e. The number of nitrogens with zero attached hydrogens (tertiary/aromatic N) is 1. The van der Waals surface area contributed by atoms with Crippen LogP contribution >= 0.6 is 0 Å². The molecule has 1 aliphatic heterocycles. The highest BCUT2D eigenvalue weighted by Crippen LogP contribution is 2.25. The second-order valence-electron chi connectivity index (χ2n) is 7.95. The van der Waals surface area contributed by atoms with Crippen molar-refractivity contribution in [1.29, 1.82) is 0 Å². The topological polar surface area (TPSA) is 96.3 Å². The van der Waals surface area contributed by atoms with Gasteiger partial charge in [-0.1, -0.05) is 0 Å². The molecule has 0 unspecified atom stereocenters. The molecular weight excluding hydrogens is 302 g/mol. The Balaban J connectivity index is 2.71. The van der Waals surface area contributed by atoms with Crippen molar-refractivity contribution in [3.05, 3.63) is 0 Å². The van der Waals surface area contributed by atoms with Crippen molar-refractivity contribution in [2.75, 3.05) is 6.54 Å². The molecule has 1 rings (SSSR count). The number of aliphatic hydroxyl groups is 2. The van der Waals surface area contributed by atoms with Gasteiger partial charge in [0.1, 0.15) is 11.2 Å². The summed E-state index contributed by atoms with van der Waals surface area (Å²) in [6.45, 7) is 10.5. The fourth-order valence-corrected chi connectivity index (χ4v) is 2.43. The van der Waals surface area contributed by atoms with Crippen molar-refractivity contribution in [2.24, 2.45) is 0 Å². The summed E-state index contributed by atoms with van der Waals surface area (Å²) >= 11 is 0. The molecule has 1 aliphatic rings. The Labute approximate surface area is 137 Å². The van der Waals surface area contributed by atoms with Crippen LogP contribution in [-0.2, 0) is 14.3 Å². The first-order valence-electron chi connectivity index (χ1n) is 7.86. The predicted molar refractivity (Wildman–Crippen MR) is 83.8 cm³/mol. The van der Waals surface area contributed by atoms with Crippen LogP contribution < -0.4 is 0 Å². The van der Waals surface area contributed by atoms with E-state index in [9.17, 15) is 19.8 Å². The fraction of sp³-hybridized carbons (Fsp3) is 0.875. The largest absolute Gasteiger partial charge is 0.460 e. The highest BCUT2D eigenvalue weighted by atomic mass is 16.6. The number of carbonyl (C=O) groups is 2. The molecule has 7 heteroatoms. The molecule has 3 atom stereocenters. The van der Waals surface area contributed by atoms with E-state index in [1.807, 2.05) is 0 Å². The van der Waals surface area contributed by atoms with Gasteiger partial charge in [-0.3, -0.25) is 9.69 Å². The van der Waals surface area contributed by atoms with E-state index in [-0.39, 0.29) is 19.4 Å². The quantitative estimate of drug-likeness (QED) is 0.760. The minimum atomic E-state index is -1.12. The molecule has 2 N–H and O–H groups in total. The summed E-state index contributed by atoms with van der Waals surface area (Å²) in [4.78, 5) is 25.3. The molecule has 7 nitrogen and oxygen atoms in total. The highest BCUT2D eigenvalue weighted by Gasteiger charge is 2.41. The van der Waals surface area contributed by atoms with Gasteiger partial charge in [-0.15, -0.1) is 0 Å². The van der Waals surface area contributed by atoms with Gasteiger partial charge in [0.25, 0.3) is 0 Å². The summed E-state index contributed by atoms with van der Waals surface area (Å²) < 4.78 is 10.5. The van der Waals surface area contributed by atoms with Crippen LogP contribution in [0.15, 0.2) is 0 Å². The summed E-state index contributed by atoms with van der Waals surface area (Å²) in [5.74, 6) is -0.546. The van der Waals surface area contributed by atoms with E-state index in [1.54, 1.807) is 41.5 Å². The van der Waals surface area contributed by atoms with Gasteiger partial charge in [-0.25, -0.2) is 4.79 Å². The number of hydrogen-bond donors (Lipinski definition) is 2. The molecule has 0 spiro atoms. The standard InChI is InChI=1S/C16H29NO6/c1-15(2,3)22-13(20)8-12(19)11-7-10(18)9-17(11)14(21)23-16(4,5)6/h10-12,18-19H,7-9H2,1-6H3/t10-,11+,12-/m1/s1. The van der Waals surface area contributed by atoms with Crippen molar-refractivity contribution in [3.8, 4) is 0 Å². The third-order valence-corrected chi connectivity index (χ3v) is 3.19. The zero-order valence-electron chi connectivity index (χ0n) is 14.8. The Morgan fingerprint density at radius 1 is 1.13 bits per heavy atom. The first-order chi connectivity index (χ1) is 10.3. The maximum atomic E-state index is 12.2. The highest BCUT2D eigenvalue weighted by molar-refractivity contribution is 5.72. The summed E-state index contributed by atoms with van der Waals surface area (Å²) in [7, 11) is 0. The average molecular weight is 331 g/mol. The van der Waals surface area contributed by atoms with Crippen LogP contribution in [0.4, 0.5) is 4.79 Å². The first-order valence-corrected chi connectivity index (χ1v) is 7.86. The van der Waals surface area contributed by atoms with Gasteiger partial charge in [0.2, 0.25) is 0 Å². The SMILES string of the molecule is CC(C)(C)OC(=O)C[C@@H](O)[C@@H]1C[C@@H](O)CN1C(=O)OC(C)(C)C. The second-order valence-corrected chi connectivity index (χ2v) is 7.95. The summed E-state index contributed by atoms with van der Waals surface area (Å²) in [5, 5.41) is 20.1. The van der Waals surface area contributed by atoms with Crippen LogP contribution in [-0.4, -0.2) is 63.2 Å². The molecule has 1 saturated heterocycles. The Hall–Kier alpha value is -1.34. The number of ether oxygens (including phenoxy) is 2. The Morgan fingerprint density at radius 2 is 1.65 bits per heavy atom. The van der Waals surface area contributed by atoms with Crippen LogP contribution in [0.5, 0.6) is 0 Å². The number of likely N-dealkylation sites (tertiary alicyclic amines) is 1. The lowest BCUT2D eigenvalue weighted by Crippen LogP contribution is -2.46. The number of hydrogen-bond acceptors (Lipinski definition) is 6. The maximum absolute atomic E-state index is 12.2. The number of β-amino-alcohol motifs (C(OH)–C–C–N with tert-alkyl or cyclic N) is 1. The van der Waals surface area contributed by atoms with Gasteiger partial charge in [0, 0.05) is 0 Å². The summed E-state index contributed by atoms with van der Waals surface area (Å²) in [5.41, 5.74) is -1.32. The van der Waals surface area contributed by atoms with Gasteiger partial charge >= 0.3 is 12.1 Å². The average Bonchev–Trinajstić information content (AvgIpc) is 2.66. The van der Waals surface area contributed by atoms with E-state index in [1.165, 1.54) is 4.90 Å². The van der Waals surface area contributed by atoms with Gasteiger partial charge in [-0.2, -0.15) is 0 Å². The monoisotopic (exact) mass is 331 g/mol. The van der Waals surface area contributed by atoms with Crippen molar-refractivity contribution < 1.29 is 29.3 Å². The first kappa shape index (κ1) is 19.7. The van der Waals surface area contributed by atoms with Gasteiger partial charge < -0.3 is 19.7 Å². The predicted octanol–water partition coefficient (Wildman–Crippen LogP) is 1.45. The number of rotatable bonds is 3. The van der Waals surface area contributed by atoms with Gasteiger partial charge in [0.05, 0.1) is 31.2 Å². The van der Waals surface area contributed by atoms with Crippen LogP contribution in [0, 0.1) is 0 Å². The molecular formula is C16H29NO6. The van der Waals surface area contributed by atoms with Crippen molar-refractivity contribution in [1.82, 2.24) is 4.90 Å². The number of aliphatic hydroxyl groups excluding tert-OH is 2. The van der Waals surface area contributed by atoms with Crippen LogP contribution in [0.3, 0.4) is 0 Å². The second kappa shape index (κ2) is 7.05. The third-order valence-electron chi connectivity index (χ3n) is 3.19. The minimum absolute atomic E-state index is 0.0744. The van der Waals surface area contributed by atoms with E-state index < -0.39 is 41.5 Å². The molecule has 0 saturated carbocycles. The molecule has 0 radical (unpaired) electrons. The molecule has 0 aromatic heterocycles. The molecule has 0 aromatic rings. The van der Waals surface area contributed by atoms with E-state index in [2.05, 4.69) is 0 Å². The van der Waals surface area contributed by atoms with E-state index >= 15 is 0 Å². The smallest absolute Gasteiger partial charge is 0.410 e. The molecule has 134 valence electrons. The lowest BCUT2D eigenvalue weighted by Gasteiger charge is -2.31. The summed E-state index contributed by atoms with van der Waals surface area (Å²) in [6, 6.07) is -0.674. The molecule has 1 heterocycles. The zero-order valence-corrected chi connectivity index (χ0v) is 14.8. The number of esters is 1. The summed E-state index contributed by atoms with van der Waals surface area (Å²) in [6.07, 6.45) is -2.52. The Kier molecular flexibility index (Phi) is 6.04. The lowest BCUT2D eigenvalue weighted by atomic mass is 10.0. The third kappa shape index (κ3) is 6.74. The Bertz CT molecular complexity index is 437. The van der Waals surface area contributed by atoms with Gasteiger partial charge in [-0.05, 0) is 48.0 Å². The normalized spacial score (nSPS) is 23.6. The molecule has 0 aliphatic carbocycles. The van der Waals surface area contributed by atoms with E-state index in [0.717, 1.165) is 0 Å². The van der Waals surface area contributed by atoms with Crippen molar-refractivity contribution in [3.63, 3.8) is 0 Å². The molecule has 1 amide bonds. The fourth-order valence-electron chi connectivity index (χ4n) is 2.43. The van der Waals surface area contributed by atoms with Crippen LogP contribution in [0.1, 0.15) is 54.4 Å². The lowest BCUT2D eigenvalue weighted by molar-refractivity contribution is -0.157. The Morgan fingerprint density at radius 3 is 2.13 bits per heavy atom. The van der Waals surface area contributed by atoms with Crippen molar-refractivity contribution >= 4 is 12.1 Å². The van der Waals surface area contributed by atoms with E-state index in [4.69, 9.17) is 9.47 Å². The van der Waals surface area contributed by atoms with Crippen LogP contribution in [0.25, 0.3) is 0 Å². The molecule has 0 aromatic carbocycles. The molecule has 0 bridgehead atoms. The van der Waals surface area contributed by atoms with E-state index in [0.29, 0.717) is 0 Å². The van der Waals surface area contributed by atoms with Crippen molar-refractivity contribution in [2.45, 2.75) is 83.8 Å². The number of carbonyl (C=O) groups excluding carboxylic acids is 2. The molecule has 1 fully saturated rings. The maximum Gasteiger partial charge on any atom is 0.410 e. The molecule has 23 heavy (non-hydrogen) atoms. The van der Waals surface area contributed by atoms with Gasteiger partial charge in [0.15, 0.2) is 0 Å². The number of amides is 1. The van der Waals surface area contributed by atoms with Crippen LogP contribution in [0.2, 0.25) is 0 Å².